The van der Waals surface area contributed by atoms with Crippen LogP contribution in [0.3, 0.4) is 0 Å². The zero-order valence-corrected chi connectivity index (χ0v) is 14.7. The highest BCUT2D eigenvalue weighted by Crippen LogP contribution is 2.31. The normalized spacial score (nSPS) is 22.2. The molecule has 0 aromatic carbocycles. The van der Waals surface area contributed by atoms with Gasteiger partial charge < -0.3 is 19.3 Å². The van der Waals surface area contributed by atoms with Crippen molar-refractivity contribution < 1.29 is 28.9 Å². The summed E-state index contributed by atoms with van der Waals surface area (Å²) in [6, 6.07) is -0.648. The molecule has 1 aliphatic rings. The van der Waals surface area contributed by atoms with Gasteiger partial charge in [0, 0.05) is 6.08 Å². The summed E-state index contributed by atoms with van der Waals surface area (Å²) in [5.74, 6) is -0.548. The first-order valence-electron chi connectivity index (χ1n) is 7.67. The van der Waals surface area contributed by atoms with Crippen molar-refractivity contribution in [2.24, 2.45) is 0 Å². The van der Waals surface area contributed by atoms with Crippen molar-refractivity contribution in [2.75, 3.05) is 13.2 Å². The molecule has 0 aromatic heterocycles. The van der Waals surface area contributed by atoms with E-state index in [9.17, 15) is 14.7 Å². The summed E-state index contributed by atoms with van der Waals surface area (Å²) in [7, 11) is 0. The van der Waals surface area contributed by atoms with Crippen LogP contribution in [-0.4, -0.2) is 58.8 Å². The van der Waals surface area contributed by atoms with Crippen LogP contribution in [0.4, 0.5) is 4.79 Å². The molecule has 7 nitrogen and oxygen atoms in total. The standard InChI is InChI=1S/C16H27NO6/c1-7-21-13(19)9-8-12(18)11-10-22-16(5,6)17(11)14(20)23-15(2,3)4/h8-9,11-12,18H,7,10H2,1-6H3/b9-8+/t11-,12-/m1/s1. The lowest BCUT2D eigenvalue weighted by Crippen LogP contribution is -2.53. The molecule has 0 bridgehead atoms. The van der Waals surface area contributed by atoms with Gasteiger partial charge in [0.2, 0.25) is 0 Å². The van der Waals surface area contributed by atoms with Gasteiger partial charge in [0.15, 0.2) is 0 Å². The summed E-state index contributed by atoms with van der Waals surface area (Å²) in [5.41, 5.74) is -1.57. The fraction of sp³-hybridized carbons (Fsp3) is 0.750. The molecule has 7 heteroatoms. The van der Waals surface area contributed by atoms with E-state index in [0.717, 1.165) is 6.08 Å². The number of hydrogen-bond acceptors (Lipinski definition) is 6. The molecule has 0 aliphatic carbocycles. The Labute approximate surface area is 137 Å². The Hall–Kier alpha value is -1.60. The van der Waals surface area contributed by atoms with E-state index in [2.05, 4.69) is 0 Å². The lowest BCUT2D eigenvalue weighted by atomic mass is 10.1. The maximum Gasteiger partial charge on any atom is 0.413 e. The summed E-state index contributed by atoms with van der Waals surface area (Å²) in [4.78, 5) is 25.1. The van der Waals surface area contributed by atoms with Gasteiger partial charge in [-0.3, -0.25) is 4.90 Å². The maximum atomic E-state index is 12.4. The van der Waals surface area contributed by atoms with Crippen LogP contribution in [0.25, 0.3) is 0 Å². The van der Waals surface area contributed by atoms with Crippen molar-refractivity contribution in [3.63, 3.8) is 0 Å². The Balaban J connectivity index is 2.87. The highest BCUT2D eigenvalue weighted by molar-refractivity contribution is 5.82. The smallest absolute Gasteiger partial charge is 0.413 e. The molecule has 1 heterocycles. The first-order chi connectivity index (χ1) is 10.5. The van der Waals surface area contributed by atoms with Gasteiger partial charge >= 0.3 is 12.1 Å². The predicted molar refractivity (Wildman–Crippen MR) is 83.7 cm³/mol. The van der Waals surface area contributed by atoms with Crippen molar-refractivity contribution >= 4 is 12.1 Å². The van der Waals surface area contributed by atoms with Gasteiger partial charge in [-0.25, -0.2) is 9.59 Å². The molecule has 23 heavy (non-hydrogen) atoms. The largest absolute Gasteiger partial charge is 0.463 e. The van der Waals surface area contributed by atoms with Crippen molar-refractivity contribution in [1.29, 1.82) is 0 Å². The molecule has 0 unspecified atom stereocenters. The Morgan fingerprint density at radius 1 is 1.43 bits per heavy atom. The van der Waals surface area contributed by atoms with Crippen molar-refractivity contribution in [1.82, 2.24) is 4.90 Å². The van der Waals surface area contributed by atoms with E-state index in [1.54, 1.807) is 41.5 Å². The Morgan fingerprint density at radius 3 is 2.57 bits per heavy atom. The second-order valence-electron chi connectivity index (χ2n) is 6.78. The van der Waals surface area contributed by atoms with Crippen LogP contribution in [0.1, 0.15) is 41.5 Å². The summed E-state index contributed by atoms with van der Waals surface area (Å²) >= 11 is 0. The molecule has 0 saturated carbocycles. The number of hydrogen-bond donors (Lipinski definition) is 1. The lowest BCUT2D eigenvalue weighted by molar-refractivity contribution is -0.137. The van der Waals surface area contributed by atoms with Crippen LogP contribution in [0.2, 0.25) is 0 Å². The molecular formula is C16H27NO6. The number of esters is 1. The molecule has 1 N–H and O–H groups in total. The topological polar surface area (TPSA) is 85.3 Å². The van der Waals surface area contributed by atoms with Crippen molar-refractivity contribution in [2.45, 2.75) is 65.0 Å². The molecule has 1 fully saturated rings. The third kappa shape index (κ3) is 5.51. The van der Waals surface area contributed by atoms with E-state index in [0.29, 0.717) is 0 Å². The van der Waals surface area contributed by atoms with Gasteiger partial charge in [-0.1, -0.05) is 0 Å². The zero-order chi connectivity index (χ0) is 17.8. The number of rotatable bonds is 4. The van der Waals surface area contributed by atoms with E-state index < -0.39 is 35.5 Å². The van der Waals surface area contributed by atoms with Crippen LogP contribution in [0.5, 0.6) is 0 Å². The van der Waals surface area contributed by atoms with Crippen LogP contribution < -0.4 is 0 Å². The number of ether oxygens (including phenoxy) is 3. The molecule has 0 spiro atoms. The number of nitrogens with zero attached hydrogens (tertiary/aromatic N) is 1. The van der Waals surface area contributed by atoms with E-state index in [-0.39, 0.29) is 13.2 Å². The second-order valence-corrected chi connectivity index (χ2v) is 6.78. The molecule has 1 saturated heterocycles. The Kier molecular flexibility index (Phi) is 6.18. The molecule has 0 radical (unpaired) electrons. The van der Waals surface area contributed by atoms with Gasteiger partial charge in [0.1, 0.15) is 11.3 Å². The Morgan fingerprint density at radius 2 is 2.04 bits per heavy atom. The molecular weight excluding hydrogens is 302 g/mol. The first kappa shape index (κ1) is 19.4. The monoisotopic (exact) mass is 329 g/mol. The number of aliphatic hydroxyl groups is 1. The van der Waals surface area contributed by atoms with Crippen LogP contribution in [0, 0.1) is 0 Å². The third-order valence-corrected chi connectivity index (χ3v) is 3.22. The van der Waals surface area contributed by atoms with Crippen LogP contribution in [-0.2, 0) is 19.0 Å². The molecule has 2 atom stereocenters. The quantitative estimate of drug-likeness (QED) is 0.626. The summed E-state index contributed by atoms with van der Waals surface area (Å²) in [5, 5.41) is 10.3. The van der Waals surface area contributed by atoms with Crippen molar-refractivity contribution in [3.05, 3.63) is 12.2 Å². The Bertz CT molecular complexity index is 466. The maximum absolute atomic E-state index is 12.4. The molecule has 1 rings (SSSR count). The lowest BCUT2D eigenvalue weighted by Gasteiger charge is -2.36. The fourth-order valence-corrected chi connectivity index (χ4v) is 2.25. The van der Waals surface area contributed by atoms with E-state index in [1.165, 1.54) is 11.0 Å². The number of carbonyl (C=O) groups excluding carboxylic acids is 2. The summed E-state index contributed by atoms with van der Waals surface area (Å²) in [6.07, 6.45) is 0.791. The fourth-order valence-electron chi connectivity index (χ4n) is 2.25. The zero-order valence-electron chi connectivity index (χ0n) is 14.7. The van der Waals surface area contributed by atoms with Gasteiger partial charge in [-0.2, -0.15) is 0 Å². The minimum Gasteiger partial charge on any atom is -0.463 e. The van der Waals surface area contributed by atoms with E-state index in [1.807, 2.05) is 0 Å². The van der Waals surface area contributed by atoms with E-state index in [4.69, 9.17) is 14.2 Å². The van der Waals surface area contributed by atoms with Gasteiger partial charge in [0.05, 0.1) is 25.4 Å². The number of carbonyl (C=O) groups is 2. The molecule has 1 aliphatic heterocycles. The number of amides is 1. The third-order valence-electron chi connectivity index (χ3n) is 3.22. The predicted octanol–water partition coefficient (Wildman–Crippen LogP) is 1.84. The highest BCUT2D eigenvalue weighted by atomic mass is 16.6. The second kappa shape index (κ2) is 7.31. The minimum atomic E-state index is -1.08. The van der Waals surface area contributed by atoms with Crippen molar-refractivity contribution in [3.8, 4) is 0 Å². The minimum absolute atomic E-state index is 0.139. The first-order valence-corrected chi connectivity index (χ1v) is 7.67. The van der Waals surface area contributed by atoms with Crippen LogP contribution in [0.15, 0.2) is 12.2 Å². The summed E-state index contributed by atoms with van der Waals surface area (Å²) in [6.45, 7) is 10.8. The average molecular weight is 329 g/mol. The SMILES string of the molecule is CCOC(=O)/C=C/[C@@H](O)[C@H]1COC(C)(C)N1C(=O)OC(C)(C)C. The molecule has 0 aromatic rings. The molecule has 132 valence electrons. The average Bonchev–Trinajstić information content (AvgIpc) is 2.70. The number of aliphatic hydroxyl groups excluding tert-OH is 1. The van der Waals surface area contributed by atoms with E-state index >= 15 is 0 Å². The van der Waals surface area contributed by atoms with Gasteiger partial charge in [-0.15, -0.1) is 0 Å². The summed E-state index contributed by atoms with van der Waals surface area (Å²) < 4.78 is 15.7. The highest BCUT2D eigenvalue weighted by Gasteiger charge is 2.47. The van der Waals surface area contributed by atoms with Gasteiger partial charge in [0.25, 0.3) is 0 Å². The molecule has 1 amide bonds. The van der Waals surface area contributed by atoms with Crippen LogP contribution >= 0.6 is 0 Å². The van der Waals surface area contributed by atoms with Gasteiger partial charge in [-0.05, 0) is 47.6 Å².